The van der Waals surface area contributed by atoms with Crippen LogP contribution in [0.4, 0.5) is 11.5 Å². The van der Waals surface area contributed by atoms with E-state index < -0.39 is 0 Å². The Bertz CT molecular complexity index is 507. The summed E-state index contributed by atoms with van der Waals surface area (Å²) in [5, 5.41) is 3.63. The van der Waals surface area contributed by atoms with Crippen molar-refractivity contribution in [3.8, 4) is 0 Å². The number of nitrogens with two attached hydrogens (primary N) is 1. The van der Waals surface area contributed by atoms with Gasteiger partial charge in [0.1, 0.15) is 0 Å². The molecule has 0 spiro atoms. The third-order valence-electron chi connectivity index (χ3n) is 3.98. The van der Waals surface area contributed by atoms with Crippen molar-refractivity contribution in [3.63, 3.8) is 0 Å². The van der Waals surface area contributed by atoms with Gasteiger partial charge in [-0.2, -0.15) is 0 Å². The molecule has 2 saturated heterocycles. The molecule has 2 fully saturated rings. The van der Waals surface area contributed by atoms with Crippen LogP contribution in [-0.4, -0.2) is 30.0 Å². The van der Waals surface area contributed by atoms with Crippen LogP contribution in [0.3, 0.4) is 0 Å². The Morgan fingerprint density at radius 2 is 2.32 bits per heavy atom. The molecular weight excluding hydrogens is 264 g/mol. The van der Waals surface area contributed by atoms with Crippen LogP contribution in [0.5, 0.6) is 0 Å². The fourth-order valence-electron chi connectivity index (χ4n) is 3.01. The lowest BCUT2D eigenvalue weighted by molar-refractivity contribution is -0.124. The summed E-state index contributed by atoms with van der Waals surface area (Å²) in [6.07, 6.45) is 4.14. The number of hydrogen-bond acceptors (Lipinski definition) is 4. The van der Waals surface area contributed by atoms with Crippen LogP contribution in [0.2, 0.25) is 5.02 Å². The number of nitrogens with zero attached hydrogens (tertiary/aromatic N) is 2. The summed E-state index contributed by atoms with van der Waals surface area (Å²) < 4.78 is 0. The summed E-state index contributed by atoms with van der Waals surface area (Å²) >= 11 is 5.87. The van der Waals surface area contributed by atoms with Crippen molar-refractivity contribution in [2.24, 2.45) is 5.92 Å². The lowest BCUT2D eigenvalue weighted by Gasteiger charge is -2.42. The van der Waals surface area contributed by atoms with E-state index in [1.165, 1.54) is 0 Å². The van der Waals surface area contributed by atoms with Crippen LogP contribution < -0.4 is 16.0 Å². The lowest BCUT2D eigenvalue weighted by atomic mass is 9.85. The minimum absolute atomic E-state index is 0.179. The molecule has 1 aromatic rings. The largest absolute Gasteiger partial charge is 0.396 e. The van der Waals surface area contributed by atoms with Gasteiger partial charge in [0.2, 0.25) is 5.91 Å². The predicted molar refractivity (Wildman–Crippen MR) is 75.1 cm³/mol. The maximum atomic E-state index is 11.4. The Hall–Kier alpha value is -1.49. The van der Waals surface area contributed by atoms with Crippen molar-refractivity contribution >= 4 is 29.0 Å². The maximum absolute atomic E-state index is 11.4. The molecule has 6 heteroatoms. The highest BCUT2D eigenvalue weighted by Crippen LogP contribution is 2.31. The van der Waals surface area contributed by atoms with Crippen molar-refractivity contribution in [2.45, 2.75) is 25.3 Å². The number of nitrogens with one attached hydrogen (secondary N) is 1. The standard InChI is InChI=1S/C13H17ClN4O/c14-9-5-10(15)13(16-6-9)18-4-3-11-8(7-18)1-2-12(19)17-11/h5-6,8,11H,1-4,7,15H2,(H,17,19). The molecule has 3 heterocycles. The van der Waals surface area contributed by atoms with E-state index in [0.29, 0.717) is 29.1 Å². The highest BCUT2D eigenvalue weighted by molar-refractivity contribution is 6.30. The van der Waals surface area contributed by atoms with E-state index in [2.05, 4.69) is 15.2 Å². The van der Waals surface area contributed by atoms with Gasteiger partial charge in [-0.05, 0) is 24.8 Å². The van der Waals surface area contributed by atoms with Gasteiger partial charge < -0.3 is 16.0 Å². The number of aromatic nitrogens is 1. The van der Waals surface area contributed by atoms with Gasteiger partial charge in [0.05, 0.1) is 10.7 Å². The fourth-order valence-corrected chi connectivity index (χ4v) is 3.18. The number of rotatable bonds is 1. The average molecular weight is 281 g/mol. The Balaban J connectivity index is 1.76. The second-order valence-electron chi connectivity index (χ2n) is 5.27. The van der Waals surface area contributed by atoms with E-state index in [1.807, 2.05) is 0 Å². The van der Waals surface area contributed by atoms with Crippen LogP contribution in [0.15, 0.2) is 12.3 Å². The minimum Gasteiger partial charge on any atom is -0.396 e. The quantitative estimate of drug-likeness (QED) is 0.816. The summed E-state index contributed by atoms with van der Waals surface area (Å²) in [5.41, 5.74) is 6.60. The smallest absolute Gasteiger partial charge is 0.220 e. The Morgan fingerprint density at radius 3 is 3.11 bits per heavy atom. The van der Waals surface area contributed by atoms with E-state index >= 15 is 0 Å². The number of hydrogen-bond donors (Lipinski definition) is 2. The van der Waals surface area contributed by atoms with E-state index in [-0.39, 0.29) is 5.91 Å². The molecule has 1 aromatic heterocycles. The molecule has 2 aliphatic rings. The van der Waals surface area contributed by atoms with Gasteiger partial charge in [0.25, 0.3) is 0 Å². The predicted octanol–water partition coefficient (Wildman–Crippen LogP) is 1.42. The van der Waals surface area contributed by atoms with Crippen molar-refractivity contribution in [2.75, 3.05) is 23.7 Å². The van der Waals surface area contributed by atoms with Gasteiger partial charge in [-0.15, -0.1) is 0 Å². The van der Waals surface area contributed by atoms with E-state index in [4.69, 9.17) is 17.3 Å². The molecule has 1 amide bonds. The first-order valence-electron chi connectivity index (χ1n) is 6.59. The van der Waals surface area contributed by atoms with Gasteiger partial charge in [-0.3, -0.25) is 4.79 Å². The first-order valence-corrected chi connectivity index (χ1v) is 6.96. The molecule has 0 bridgehead atoms. The number of piperidine rings is 2. The molecule has 0 aromatic carbocycles. The monoisotopic (exact) mass is 280 g/mol. The summed E-state index contributed by atoms with van der Waals surface area (Å²) in [5.74, 6) is 1.47. The van der Waals surface area contributed by atoms with Crippen LogP contribution >= 0.6 is 11.6 Å². The van der Waals surface area contributed by atoms with Crippen molar-refractivity contribution < 1.29 is 4.79 Å². The summed E-state index contributed by atoms with van der Waals surface area (Å²) in [4.78, 5) is 17.9. The summed E-state index contributed by atoms with van der Waals surface area (Å²) in [7, 11) is 0. The van der Waals surface area contributed by atoms with Gasteiger partial charge in [0, 0.05) is 31.7 Å². The molecule has 3 N–H and O–H groups in total. The molecular formula is C13H17ClN4O. The lowest BCUT2D eigenvalue weighted by Crippen LogP contribution is -2.54. The molecule has 0 aliphatic carbocycles. The van der Waals surface area contributed by atoms with Crippen LogP contribution in [0.1, 0.15) is 19.3 Å². The van der Waals surface area contributed by atoms with Crippen LogP contribution in [-0.2, 0) is 4.79 Å². The minimum atomic E-state index is 0.179. The molecule has 0 radical (unpaired) electrons. The number of nitrogen functional groups attached to an aromatic ring is 1. The zero-order chi connectivity index (χ0) is 13.4. The maximum Gasteiger partial charge on any atom is 0.220 e. The molecule has 102 valence electrons. The number of pyridine rings is 1. The van der Waals surface area contributed by atoms with Crippen LogP contribution in [0, 0.1) is 5.92 Å². The van der Waals surface area contributed by atoms with E-state index in [0.717, 1.165) is 31.7 Å². The van der Waals surface area contributed by atoms with Gasteiger partial charge in [-0.1, -0.05) is 11.6 Å². The second kappa shape index (κ2) is 4.89. The highest BCUT2D eigenvalue weighted by atomic mass is 35.5. The summed E-state index contributed by atoms with van der Waals surface area (Å²) in [6.45, 7) is 1.75. The molecule has 0 saturated carbocycles. The molecule has 19 heavy (non-hydrogen) atoms. The molecule has 3 rings (SSSR count). The third kappa shape index (κ3) is 2.47. The summed E-state index contributed by atoms with van der Waals surface area (Å²) in [6, 6.07) is 2.05. The molecule has 2 aliphatic heterocycles. The number of fused-ring (bicyclic) bond motifs is 1. The second-order valence-corrected chi connectivity index (χ2v) is 5.71. The Kier molecular flexibility index (Phi) is 3.22. The fraction of sp³-hybridized carbons (Fsp3) is 0.538. The average Bonchev–Trinajstić information content (AvgIpc) is 2.38. The number of amides is 1. The van der Waals surface area contributed by atoms with Gasteiger partial charge in [-0.25, -0.2) is 4.98 Å². The van der Waals surface area contributed by atoms with E-state index in [1.54, 1.807) is 12.3 Å². The topological polar surface area (TPSA) is 71.2 Å². The first-order chi connectivity index (χ1) is 9.13. The number of halogens is 1. The Labute approximate surface area is 117 Å². The Morgan fingerprint density at radius 1 is 1.47 bits per heavy atom. The molecule has 2 unspecified atom stereocenters. The zero-order valence-electron chi connectivity index (χ0n) is 10.6. The van der Waals surface area contributed by atoms with Gasteiger partial charge in [0.15, 0.2) is 5.82 Å². The van der Waals surface area contributed by atoms with E-state index in [9.17, 15) is 4.79 Å². The zero-order valence-corrected chi connectivity index (χ0v) is 11.4. The number of carbonyl (C=O) groups excluding carboxylic acids is 1. The van der Waals surface area contributed by atoms with Crippen molar-refractivity contribution in [1.29, 1.82) is 0 Å². The first kappa shape index (κ1) is 12.5. The van der Waals surface area contributed by atoms with Crippen LogP contribution in [0.25, 0.3) is 0 Å². The van der Waals surface area contributed by atoms with Crippen molar-refractivity contribution in [3.05, 3.63) is 17.3 Å². The number of carbonyl (C=O) groups is 1. The SMILES string of the molecule is Nc1cc(Cl)cnc1N1CCC2NC(=O)CCC2C1. The third-order valence-corrected chi connectivity index (χ3v) is 4.19. The number of anilines is 2. The molecule has 5 nitrogen and oxygen atoms in total. The highest BCUT2D eigenvalue weighted by Gasteiger charge is 2.34. The van der Waals surface area contributed by atoms with Crippen molar-refractivity contribution in [1.82, 2.24) is 10.3 Å². The van der Waals surface area contributed by atoms with Gasteiger partial charge >= 0.3 is 0 Å². The normalized spacial score (nSPS) is 26.8. The molecule has 2 atom stereocenters.